The van der Waals surface area contributed by atoms with E-state index in [0.29, 0.717) is 13.0 Å². The van der Waals surface area contributed by atoms with E-state index in [1.807, 2.05) is 0 Å². The Kier molecular flexibility index (Phi) is 4.49. The van der Waals surface area contributed by atoms with Crippen molar-refractivity contribution in [2.24, 2.45) is 11.8 Å². The number of H-pyrrole nitrogens is 1. The van der Waals surface area contributed by atoms with Crippen molar-refractivity contribution in [3.63, 3.8) is 0 Å². The van der Waals surface area contributed by atoms with Crippen LogP contribution in [-0.4, -0.2) is 33.7 Å². The molecule has 1 aromatic heterocycles. The summed E-state index contributed by atoms with van der Waals surface area (Å²) < 4.78 is 0. The molecule has 1 aromatic rings. The van der Waals surface area contributed by atoms with Crippen LogP contribution in [0.2, 0.25) is 0 Å². The lowest BCUT2D eigenvalue weighted by molar-refractivity contribution is -0.144. The van der Waals surface area contributed by atoms with Gasteiger partial charge in [-0.15, -0.1) is 0 Å². The van der Waals surface area contributed by atoms with Gasteiger partial charge in [-0.3, -0.25) is 14.4 Å². The van der Waals surface area contributed by atoms with Crippen molar-refractivity contribution < 1.29 is 14.7 Å². The highest BCUT2D eigenvalue weighted by atomic mass is 16.4. The highest BCUT2D eigenvalue weighted by Gasteiger charge is 2.30. The van der Waals surface area contributed by atoms with Gasteiger partial charge in [-0.2, -0.15) is 5.10 Å². The average Bonchev–Trinajstić information content (AvgIpc) is 2.45. The van der Waals surface area contributed by atoms with Crippen LogP contribution in [0.5, 0.6) is 0 Å². The summed E-state index contributed by atoms with van der Waals surface area (Å²) in [5.74, 6) is -1.65. The molecule has 1 fully saturated rings. The molecule has 7 heteroatoms. The van der Waals surface area contributed by atoms with Crippen LogP contribution in [0.25, 0.3) is 0 Å². The average molecular weight is 279 g/mol. The van der Waals surface area contributed by atoms with Gasteiger partial charge in [0.25, 0.3) is 11.5 Å². The molecular formula is C13H17N3O4. The number of amides is 1. The second kappa shape index (κ2) is 6.31. The van der Waals surface area contributed by atoms with Gasteiger partial charge >= 0.3 is 5.97 Å². The van der Waals surface area contributed by atoms with Gasteiger partial charge in [-0.1, -0.05) is 12.8 Å². The lowest BCUT2D eigenvalue weighted by Gasteiger charge is -2.28. The zero-order valence-electron chi connectivity index (χ0n) is 11.0. The smallest absolute Gasteiger partial charge is 0.306 e. The van der Waals surface area contributed by atoms with Gasteiger partial charge in [0, 0.05) is 12.6 Å². The molecule has 1 aliphatic rings. The molecule has 108 valence electrons. The molecule has 0 unspecified atom stereocenters. The Morgan fingerprint density at radius 3 is 2.75 bits per heavy atom. The monoisotopic (exact) mass is 279 g/mol. The maximum atomic E-state index is 11.8. The largest absolute Gasteiger partial charge is 0.481 e. The number of rotatable bonds is 4. The molecule has 3 N–H and O–H groups in total. The molecule has 2 atom stereocenters. The highest BCUT2D eigenvalue weighted by molar-refractivity contribution is 5.92. The van der Waals surface area contributed by atoms with Crippen molar-refractivity contribution in [1.29, 1.82) is 0 Å². The summed E-state index contributed by atoms with van der Waals surface area (Å²) in [4.78, 5) is 33.8. The number of aromatic nitrogens is 2. The summed E-state index contributed by atoms with van der Waals surface area (Å²) in [5, 5.41) is 17.7. The third-order valence-corrected chi connectivity index (χ3v) is 3.66. The third-order valence-electron chi connectivity index (χ3n) is 3.66. The van der Waals surface area contributed by atoms with E-state index < -0.39 is 17.8 Å². The van der Waals surface area contributed by atoms with E-state index in [9.17, 15) is 14.4 Å². The van der Waals surface area contributed by atoms with E-state index in [1.165, 1.54) is 12.1 Å². The van der Waals surface area contributed by atoms with Crippen LogP contribution in [0.4, 0.5) is 0 Å². The summed E-state index contributed by atoms with van der Waals surface area (Å²) in [6.07, 6.45) is 3.37. The first-order chi connectivity index (χ1) is 9.58. The molecule has 0 saturated heterocycles. The molecule has 0 radical (unpaired) electrons. The zero-order chi connectivity index (χ0) is 14.5. The van der Waals surface area contributed by atoms with Crippen LogP contribution in [0, 0.1) is 11.8 Å². The number of aromatic amines is 1. The summed E-state index contributed by atoms with van der Waals surface area (Å²) in [6.45, 7) is 0.316. The predicted octanol–water partition coefficient (Wildman–Crippen LogP) is 0.391. The molecule has 20 heavy (non-hydrogen) atoms. The molecule has 0 aliphatic heterocycles. The Balaban J connectivity index is 1.93. The standard InChI is InChI=1S/C13H17N3O4/c17-11-6-5-10(15-16-11)12(18)14-7-8-3-1-2-4-9(8)13(19)20/h5-6,8-9H,1-4,7H2,(H,14,18)(H,16,17)(H,19,20)/t8-,9-/m0/s1. The maximum absolute atomic E-state index is 11.8. The van der Waals surface area contributed by atoms with Crippen molar-refractivity contribution in [1.82, 2.24) is 15.5 Å². The van der Waals surface area contributed by atoms with Gasteiger partial charge in [0.2, 0.25) is 0 Å². The number of hydrogen-bond acceptors (Lipinski definition) is 4. The molecule has 0 aromatic carbocycles. The van der Waals surface area contributed by atoms with E-state index in [4.69, 9.17) is 5.11 Å². The first-order valence-corrected chi connectivity index (χ1v) is 6.64. The fourth-order valence-corrected chi connectivity index (χ4v) is 2.56. The third kappa shape index (κ3) is 3.43. The quantitative estimate of drug-likeness (QED) is 0.738. The Morgan fingerprint density at radius 2 is 2.10 bits per heavy atom. The van der Waals surface area contributed by atoms with Gasteiger partial charge in [-0.05, 0) is 24.8 Å². The number of hydrogen-bond donors (Lipinski definition) is 3. The minimum atomic E-state index is -0.800. The molecule has 1 aliphatic carbocycles. The van der Waals surface area contributed by atoms with Crippen LogP contribution in [0.1, 0.15) is 36.2 Å². The topological polar surface area (TPSA) is 112 Å². The van der Waals surface area contributed by atoms with Gasteiger partial charge in [0.1, 0.15) is 5.69 Å². The van der Waals surface area contributed by atoms with Crippen molar-refractivity contribution in [3.8, 4) is 0 Å². The van der Waals surface area contributed by atoms with Crippen LogP contribution in [0.15, 0.2) is 16.9 Å². The lowest BCUT2D eigenvalue weighted by atomic mass is 9.79. The van der Waals surface area contributed by atoms with Gasteiger partial charge in [0.05, 0.1) is 5.92 Å². The fourth-order valence-electron chi connectivity index (χ4n) is 2.56. The molecule has 2 rings (SSSR count). The summed E-state index contributed by atoms with van der Waals surface area (Å²) in [6, 6.07) is 2.56. The molecule has 1 heterocycles. The number of nitrogens with one attached hydrogen (secondary N) is 2. The van der Waals surface area contributed by atoms with E-state index in [0.717, 1.165) is 19.3 Å². The predicted molar refractivity (Wildman–Crippen MR) is 70.3 cm³/mol. The van der Waals surface area contributed by atoms with Gasteiger partial charge in [0.15, 0.2) is 0 Å². The SMILES string of the molecule is O=C(NC[C@@H]1CCCC[C@@H]1C(=O)O)c1ccc(=O)[nH]n1. The minimum absolute atomic E-state index is 0.0482. The Hall–Kier alpha value is -2.18. The van der Waals surface area contributed by atoms with E-state index in [2.05, 4.69) is 15.5 Å². The summed E-state index contributed by atoms with van der Waals surface area (Å²) in [7, 11) is 0. The molecular weight excluding hydrogens is 262 g/mol. The molecule has 7 nitrogen and oxygen atoms in total. The van der Waals surface area contributed by atoms with Crippen LogP contribution in [-0.2, 0) is 4.79 Å². The normalized spacial score (nSPS) is 22.2. The lowest BCUT2D eigenvalue weighted by Crippen LogP contribution is -2.37. The van der Waals surface area contributed by atoms with Crippen LogP contribution >= 0.6 is 0 Å². The van der Waals surface area contributed by atoms with Gasteiger partial charge in [-0.25, -0.2) is 5.10 Å². The van der Waals surface area contributed by atoms with Gasteiger partial charge < -0.3 is 10.4 Å². The molecule has 0 bridgehead atoms. The number of carbonyl (C=O) groups excluding carboxylic acids is 1. The number of carboxylic acids is 1. The molecule has 0 spiro atoms. The highest BCUT2D eigenvalue weighted by Crippen LogP contribution is 2.29. The molecule has 1 amide bonds. The number of nitrogens with zero attached hydrogens (tertiary/aromatic N) is 1. The maximum Gasteiger partial charge on any atom is 0.306 e. The summed E-state index contributed by atoms with van der Waals surface area (Å²) >= 11 is 0. The van der Waals surface area contributed by atoms with E-state index >= 15 is 0 Å². The second-order valence-corrected chi connectivity index (χ2v) is 5.01. The van der Waals surface area contributed by atoms with Crippen molar-refractivity contribution in [2.45, 2.75) is 25.7 Å². The van der Waals surface area contributed by atoms with E-state index in [-0.39, 0.29) is 17.2 Å². The number of carboxylic acid groups (broad SMARTS) is 1. The Morgan fingerprint density at radius 1 is 1.35 bits per heavy atom. The van der Waals surface area contributed by atoms with Crippen molar-refractivity contribution in [2.75, 3.05) is 6.54 Å². The first-order valence-electron chi connectivity index (χ1n) is 6.64. The Bertz CT molecular complexity index is 534. The Labute approximate surface area is 115 Å². The number of aliphatic carboxylic acids is 1. The first kappa shape index (κ1) is 14.2. The zero-order valence-corrected chi connectivity index (χ0v) is 11.0. The fraction of sp³-hybridized carbons (Fsp3) is 0.538. The summed E-state index contributed by atoms with van der Waals surface area (Å²) in [5.41, 5.74) is -0.257. The van der Waals surface area contributed by atoms with Crippen molar-refractivity contribution in [3.05, 3.63) is 28.2 Å². The van der Waals surface area contributed by atoms with E-state index in [1.54, 1.807) is 0 Å². The van der Waals surface area contributed by atoms with Crippen LogP contribution in [0.3, 0.4) is 0 Å². The molecule has 1 saturated carbocycles. The van der Waals surface area contributed by atoms with Crippen molar-refractivity contribution >= 4 is 11.9 Å². The minimum Gasteiger partial charge on any atom is -0.481 e. The second-order valence-electron chi connectivity index (χ2n) is 5.01. The van der Waals surface area contributed by atoms with Crippen LogP contribution < -0.4 is 10.9 Å². The number of carbonyl (C=O) groups is 2.